The molecule has 94 valence electrons. The van der Waals surface area contributed by atoms with Crippen molar-refractivity contribution in [3.8, 4) is 0 Å². The topological polar surface area (TPSA) is 71.1 Å². The van der Waals surface area contributed by atoms with Crippen molar-refractivity contribution >= 4 is 11.8 Å². The summed E-state index contributed by atoms with van der Waals surface area (Å²) in [6.45, 7) is 7.70. The van der Waals surface area contributed by atoms with Crippen LogP contribution in [0.3, 0.4) is 0 Å². The van der Waals surface area contributed by atoms with Gasteiger partial charge in [-0.25, -0.2) is 4.98 Å². The highest BCUT2D eigenvalue weighted by molar-refractivity contribution is 5.96. The van der Waals surface area contributed by atoms with Gasteiger partial charge in [0.25, 0.3) is 11.8 Å². The van der Waals surface area contributed by atoms with Gasteiger partial charge >= 0.3 is 0 Å². The largest absolute Gasteiger partial charge is 0.347 e. The molecule has 18 heavy (non-hydrogen) atoms. The van der Waals surface area contributed by atoms with Crippen LogP contribution in [0.25, 0.3) is 0 Å². The van der Waals surface area contributed by atoms with Gasteiger partial charge in [0.1, 0.15) is 11.4 Å². The van der Waals surface area contributed by atoms with Gasteiger partial charge in [-0.05, 0) is 12.1 Å². The first-order valence-corrected chi connectivity index (χ1v) is 5.44. The molecule has 0 aliphatic heterocycles. The number of pyridine rings is 1. The van der Waals surface area contributed by atoms with Crippen LogP contribution in [0.15, 0.2) is 43.5 Å². The number of rotatable bonds is 6. The highest BCUT2D eigenvalue weighted by Crippen LogP contribution is 1.99. The Kier molecular flexibility index (Phi) is 5.31. The molecule has 0 bridgehead atoms. The number of carbonyl (C=O) groups excluding carboxylic acids is 2. The molecule has 5 heteroatoms. The van der Waals surface area contributed by atoms with Gasteiger partial charge < -0.3 is 10.6 Å². The maximum absolute atomic E-state index is 11.6. The molecule has 1 aromatic heterocycles. The van der Waals surface area contributed by atoms with E-state index >= 15 is 0 Å². The van der Waals surface area contributed by atoms with Crippen LogP contribution in [0.5, 0.6) is 0 Å². The zero-order valence-corrected chi connectivity index (χ0v) is 9.98. The van der Waals surface area contributed by atoms with Crippen LogP contribution in [0.4, 0.5) is 0 Å². The Bertz CT molecular complexity index is 430. The summed E-state index contributed by atoms with van der Waals surface area (Å²) in [5.41, 5.74) is 0.395. The number of nitrogens with zero attached hydrogens (tertiary/aromatic N) is 1. The maximum Gasteiger partial charge on any atom is 0.270 e. The second-order valence-electron chi connectivity index (χ2n) is 3.41. The van der Waals surface area contributed by atoms with E-state index in [1.54, 1.807) is 30.4 Å². The van der Waals surface area contributed by atoms with Crippen molar-refractivity contribution < 1.29 is 9.59 Å². The standard InChI is InChI=1S/C13H15N3O2/c1-3-8-14-12(17)10-6-5-7-11(16-10)13(18)15-9-4-2/h3-7H,1-2,8-9H2,(H,14,17)(H,15,18). The van der Waals surface area contributed by atoms with Crippen molar-refractivity contribution in [3.63, 3.8) is 0 Å². The predicted molar refractivity (Wildman–Crippen MR) is 69.3 cm³/mol. The molecule has 1 heterocycles. The molecular formula is C13H15N3O2. The quantitative estimate of drug-likeness (QED) is 0.732. The summed E-state index contributed by atoms with van der Waals surface area (Å²) in [5.74, 6) is -0.679. The first-order chi connectivity index (χ1) is 8.69. The molecule has 0 saturated heterocycles. The molecule has 1 rings (SSSR count). The highest BCUT2D eigenvalue weighted by atomic mass is 16.2. The number of hydrogen-bond donors (Lipinski definition) is 2. The second kappa shape index (κ2) is 7.01. The van der Waals surface area contributed by atoms with Crippen molar-refractivity contribution in [2.45, 2.75) is 0 Å². The molecule has 1 aromatic rings. The van der Waals surface area contributed by atoms with Gasteiger partial charge in [-0.1, -0.05) is 18.2 Å². The fourth-order valence-electron chi connectivity index (χ4n) is 1.20. The van der Waals surface area contributed by atoms with E-state index in [4.69, 9.17) is 0 Å². The molecule has 0 aromatic carbocycles. The van der Waals surface area contributed by atoms with E-state index in [9.17, 15) is 9.59 Å². The van der Waals surface area contributed by atoms with E-state index in [0.29, 0.717) is 13.1 Å². The van der Waals surface area contributed by atoms with Gasteiger partial charge in [0, 0.05) is 13.1 Å². The SMILES string of the molecule is C=CCNC(=O)c1cccc(C(=O)NCC=C)n1. The summed E-state index contributed by atoms with van der Waals surface area (Å²) in [5, 5.41) is 5.18. The van der Waals surface area contributed by atoms with Crippen LogP contribution in [0.1, 0.15) is 21.0 Å². The van der Waals surface area contributed by atoms with Crippen molar-refractivity contribution in [2.24, 2.45) is 0 Å². The summed E-state index contributed by atoms with van der Waals surface area (Å²) < 4.78 is 0. The van der Waals surface area contributed by atoms with Gasteiger partial charge in [0.05, 0.1) is 0 Å². The van der Waals surface area contributed by atoms with E-state index in [0.717, 1.165) is 0 Å². The minimum Gasteiger partial charge on any atom is -0.347 e. The zero-order valence-electron chi connectivity index (χ0n) is 9.98. The van der Waals surface area contributed by atoms with E-state index in [1.165, 1.54) is 0 Å². The number of aromatic nitrogens is 1. The first-order valence-electron chi connectivity index (χ1n) is 5.44. The number of hydrogen-bond acceptors (Lipinski definition) is 3. The van der Waals surface area contributed by atoms with E-state index < -0.39 is 0 Å². The third kappa shape index (κ3) is 3.86. The monoisotopic (exact) mass is 245 g/mol. The predicted octanol–water partition coefficient (Wildman–Crippen LogP) is 0.913. The normalized spacial score (nSPS) is 9.33. The Morgan fingerprint density at radius 1 is 1.06 bits per heavy atom. The molecule has 2 N–H and O–H groups in total. The number of amides is 2. The van der Waals surface area contributed by atoms with Crippen molar-refractivity contribution in [1.29, 1.82) is 0 Å². The molecule has 5 nitrogen and oxygen atoms in total. The minimum absolute atomic E-state index is 0.197. The lowest BCUT2D eigenvalue weighted by molar-refractivity contribution is 0.0949. The number of nitrogens with one attached hydrogen (secondary N) is 2. The summed E-state index contributed by atoms with van der Waals surface area (Å²) in [4.78, 5) is 27.2. The smallest absolute Gasteiger partial charge is 0.270 e. The van der Waals surface area contributed by atoms with Gasteiger partial charge in [-0.2, -0.15) is 0 Å². The lowest BCUT2D eigenvalue weighted by Gasteiger charge is -2.04. The van der Waals surface area contributed by atoms with Gasteiger partial charge in [-0.15, -0.1) is 13.2 Å². The van der Waals surface area contributed by atoms with Gasteiger partial charge in [-0.3, -0.25) is 9.59 Å². The van der Waals surface area contributed by atoms with Crippen LogP contribution in [-0.4, -0.2) is 29.9 Å². The van der Waals surface area contributed by atoms with Gasteiger partial charge in [0.2, 0.25) is 0 Å². The summed E-state index contributed by atoms with van der Waals surface area (Å²) in [7, 11) is 0. The van der Waals surface area contributed by atoms with Crippen LogP contribution >= 0.6 is 0 Å². The summed E-state index contributed by atoms with van der Waals surface area (Å²) in [6, 6.07) is 4.70. The average Bonchev–Trinajstić information content (AvgIpc) is 2.42. The van der Waals surface area contributed by atoms with Crippen molar-refractivity contribution in [2.75, 3.05) is 13.1 Å². The number of carbonyl (C=O) groups is 2. The lowest BCUT2D eigenvalue weighted by atomic mass is 10.2. The summed E-state index contributed by atoms with van der Waals surface area (Å²) >= 11 is 0. The summed E-state index contributed by atoms with van der Waals surface area (Å²) in [6.07, 6.45) is 3.14. The van der Waals surface area contributed by atoms with Crippen LogP contribution < -0.4 is 10.6 Å². The van der Waals surface area contributed by atoms with Crippen molar-refractivity contribution in [1.82, 2.24) is 15.6 Å². The molecule has 0 aliphatic carbocycles. The molecule has 0 saturated carbocycles. The molecule has 0 unspecified atom stereocenters. The maximum atomic E-state index is 11.6. The van der Waals surface area contributed by atoms with Crippen LogP contribution in [0.2, 0.25) is 0 Å². The molecule has 0 spiro atoms. The molecule has 2 amide bonds. The average molecular weight is 245 g/mol. The van der Waals surface area contributed by atoms with E-state index in [1.807, 2.05) is 0 Å². The Morgan fingerprint density at radius 3 is 1.89 bits per heavy atom. The third-order valence-corrected chi connectivity index (χ3v) is 2.03. The van der Waals surface area contributed by atoms with Crippen LogP contribution in [0, 0.1) is 0 Å². The Hall–Kier alpha value is -2.43. The van der Waals surface area contributed by atoms with Crippen LogP contribution in [-0.2, 0) is 0 Å². The minimum atomic E-state index is -0.340. The fourth-order valence-corrected chi connectivity index (χ4v) is 1.20. The lowest BCUT2D eigenvalue weighted by Crippen LogP contribution is -2.27. The molecule has 0 fully saturated rings. The first kappa shape index (κ1) is 13.6. The Balaban J connectivity index is 2.78. The highest BCUT2D eigenvalue weighted by Gasteiger charge is 2.10. The van der Waals surface area contributed by atoms with E-state index in [-0.39, 0.29) is 23.2 Å². The van der Waals surface area contributed by atoms with Gasteiger partial charge in [0.15, 0.2) is 0 Å². The molecule has 0 radical (unpaired) electrons. The Morgan fingerprint density at radius 2 is 1.50 bits per heavy atom. The second-order valence-corrected chi connectivity index (χ2v) is 3.41. The van der Waals surface area contributed by atoms with E-state index in [2.05, 4.69) is 28.8 Å². The van der Waals surface area contributed by atoms with Crippen molar-refractivity contribution in [3.05, 3.63) is 54.9 Å². The molecular weight excluding hydrogens is 230 g/mol. The zero-order chi connectivity index (χ0) is 13.4. The fraction of sp³-hybridized carbons (Fsp3) is 0.154. The Labute approximate surface area is 106 Å². The molecule has 0 aliphatic rings. The molecule has 0 atom stereocenters. The third-order valence-electron chi connectivity index (χ3n) is 2.03.